The van der Waals surface area contributed by atoms with E-state index in [4.69, 9.17) is 5.11 Å². The smallest absolute Gasteiger partial charge is 0.303 e. The fourth-order valence-electron chi connectivity index (χ4n) is 4.14. The molecule has 3 amide bonds. The van der Waals surface area contributed by atoms with E-state index < -0.39 is 12.0 Å². The molecular formula is C23H30N2O5S. The third-order valence-electron chi connectivity index (χ3n) is 5.83. The lowest BCUT2D eigenvalue weighted by molar-refractivity contribution is -0.138. The van der Waals surface area contributed by atoms with Crippen LogP contribution >= 0.6 is 11.8 Å². The number of piperidine rings is 1. The fraction of sp³-hybridized carbons (Fsp3) is 0.565. The van der Waals surface area contributed by atoms with Crippen LogP contribution in [-0.4, -0.2) is 45.5 Å². The number of aliphatic carboxylic acids is 1. The molecule has 1 fully saturated rings. The number of fused-ring (bicyclic) bond motifs is 1. The number of nitrogens with one attached hydrogen (secondary N) is 1. The first-order valence-corrected chi connectivity index (χ1v) is 12.1. The van der Waals surface area contributed by atoms with Gasteiger partial charge in [0.2, 0.25) is 11.8 Å². The van der Waals surface area contributed by atoms with Crippen LogP contribution in [0.4, 0.5) is 0 Å². The highest BCUT2D eigenvalue weighted by molar-refractivity contribution is 7.99. The number of rotatable bonds is 12. The number of carbonyl (C=O) groups excluding carboxylic acids is 3. The van der Waals surface area contributed by atoms with Gasteiger partial charge in [-0.1, -0.05) is 38.2 Å². The number of thioether (sulfide) groups is 1. The van der Waals surface area contributed by atoms with Gasteiger partial charge in [0, 0.05) is 29.8 Å². The van der Waals surface area contributed by atoms with Crippen LogP contribution in [0.2, 0.25) is 0 Å². The number of amides is 3. The van der Waals surface area contributed by atoms with E-state index in [1.165, 1.54) is 0 Å². The monoisotopic (exact) mass is 446 g/mol. The van der Waals surface area contributed by atoms with E-state index in [9.17, 15) is 19.2 Å². The Morgan fingerprint density at radius 1 is 1.06 bits per heavy atom. The van der Waals surface area contributed by atoms with E-state index in [0.29, 0.717) is 18.5 Å². The van der Waals surface area contributed by atoms with Gasteiger partial charge in [0.05, 0.1) is 0 Å². The highest BCUT2D eigenvalue weighted by Crippen LogP contribution is 2.34. The van der Waals surface area contributed by atoms with E-state index in [1.54, 1.807) is 16.7 Å². The van der Waals surface area contributed by atoms with Gasteiger partial charge in [0.15, 0.2) is 0 Å². The van der Waals surface area contributed by atoms with Crippen molar-refractivity contribution in [3.05, 3.63) is 29.3 Å². The van der Waals surface area contributed by atoms with Crippen molar-refractivity contribution in [2.24, 2.45) is 0 Å². The van der Waals surface area contributed by atoms with Crippen molar-refractivity contribution in [1.82, 2.24) is 10.2 Å². The molecule has 7 nitrogen and oxygen atoms in total. The van der Waals surface area contributed by atoms with Crippen molar-refractivity contribution >= 4 is 35.5 Å². The molecular weight excluding hydrogens is 416 g/mol. The van der Waals surface area contributed by atoms with Crippen molar-refractivity contribution in [2.45, 2.75) is 81.7 Å². The van der Waals surface area contributed by atoms with Crippen molar-refractivity contribution in [1.29, 1.82) is 0 Å². The fourth-order valence-corrected chi connectivity index (χ4v) is 5.23. The lowest BCUT2D eigenvalue weighted by atomic mass is 10.0. The van der Waals surface area contributed by atoms with Gasteiger partial charge in [-0.15, -0.1) is 11.8 Å². The van der Waals surface area contributed by atoms with Crippen LogP contribution in [0.5, 0.6) is 0 Å². The molecule has 1 aromatic rings. The normalized spacial score (nSPS) is 18.3. The topological polar surface area (TPSA) is 104 Å². The summed E-state index contributed by atoms with van der Waals surface area (Å²) in [6.45, 7) is 0.417. The predicted molar refractivity (Wildman–Crippen MR) is 118 cm³/mol. The number of carboxylic acids is 1. The molecule has 8 heteroatoms. The average molecular weight is 447 g/mol. The molecule has 168 valence electrons. The summed E-state index contributed by atoms with van der Waals surface area (Å²) >= 11 is 1.75. The molecule has 2 heterocycles. The zero-order chi connectivity index (χ0) is 22.2. The molecule has 0 spiro atoms. The molecule has 1 saturated heterocycles. The third kappa shape index (κ3) is 6.32. The zero-order valence-electron chi connectivity index (χ0n) is 17.7. The summed E-state index contributed by atoms with van der Waals surface area (Å²) in [6.07, 6.45) is 8.26. The lowest BCUT2D eigenvalue weighted by Crippen LogP contribution is -2.52. The summed E-state index contributed by atoms with van der Waals surface area (Å²) in [5.74, 6) is -0.528. The maximum Gasteiger partial charge on any atom is 0.303 e. The van der Waals surface area contributed by atoms with Crippen LogP contribution in [0, 0.1) is 0 Å². The van der Waals surface area contributed by atoms with Gasteiger partial charge in [-0.3, -0.25) is 24.5 Å². The minimum Gasteiger partial charge on any atom is -0.481 e. The van der Waals surface area contributed by atoms with Gasteiger partial charge in [-0.05, 0) is 42.7 Å². The molecule has 1 aromatic carbocycles. The number of unbranched alkanes of at least 4 members (excludes halogenated alkanes) is 6. The molecule has 1 atom stereocenters. The number of nitrogens with zero attached hydrogens (tertiary/aromatic N) is 1. The second-order valence-electron chi connectivity index (χ2n) is 8.15. The van der Waals surface area contributed by atoms with E-state index in [2.05, 4.69) is 5.32 Å². The Bertz CT molecular complexity index is 841. The summed E-state index contributed by atoms with van der Waals surface area (Å²) in [5, 5.41) is 11.0. The molecule has 2 N–H and O–H groups in total. The van der Waals surface area contributed by atoms with Crippen molar-refractivity contribution in [3.63, 3.8) is 0 Å². The Labute approximate surface area is 186 Å². The summed E-state index contributed by atoms with van der Waals surface area (Å²) < 4.78 is 0. The highest BCUT2D eigenvalue weighted by Gasteiger charge is 2.39. The van der Waals surface area contributed by atoms with Crippen LogP contribution < -0.4 is 5.32 Å². The summed E-state index contributed by atoms with van der Waals surface area (Å²) in [6, 6.07) is 5.17. The second kappa shape index (κ2) is 11.3. The summed E-state index contributed by atoms with van der Waals surface area (Å²) in [5.41, 5.74) is 1.65. The molecule has 31 heavy (non-hydrogen) atoms. The maximum atomic E-state index is 12.9. The second-order valence-corrected chi connectivity index (χ2v) is 9.29. The molecule has 1 unspecified atom stereocenters. The summed E-state index contributed by atoms with van der Waals surface area (Å²) in [4.78, 5) is 49.6. The molecule has 2 aliphatic rings. The van der Waals surface area contributed by atoms with E-state index >= 15 is 0 Å². The van der Waals surface area contributed by atoms with Crippen LogP contribution in [0.1, 0.15) is 80.1 Å². The number of carboxylic acid groups (broad SMARTS) is 1. The highest BCUT2D eigenvalue weighted by atomic mass is 32.2. The van der Waals surface area contributed by atoms with Gasteiger partial charge in [0.1, 0.15) is 6.04 Å². The SMILES string of the molecule is O=C(O)CCCCCCCCCSc1cccc2c1CN(C1CCC(=O)NC1=O)C2=O. The Hall–Kier alpha value is -2.35. The van der Waals surface area contributed by atoms with Crippen LogP contribution in [0.25, 0.3) is 0 Å². The molecule has 0 bridgehead atoms. The Kier molecular flexibility index (Phi) is 8.51. The molecule has 0 radical (unpaired) electrons. The van der Waals surface area contributed by atoms with Gasteiger partial charge in [0.25, 0.3) is 5.91 Å². The first kappa shape index (κ1) is 23.3. The number of carbonyl (C=O) groups is 4. The third-order valence-corrected chi connectivity index (χ3v) is 7.02. The first-order valence-electron chi connectivity index (χ1n) is 11.1. The molecule has 0 aromatic heterocycles. The number of benzene rings is 1. The van der Waals surface area contributed by atoms with E-state index in [-0.39, 0.29) is 30.6 Å². The number of imide groups is 1. The largest absolute Gasteiger partial charge is 0.481 e. The van der Waals surface area contributed by atoms with E-state index in [1.807, 2.05) is 18.2 Å². The van der Waals surface area contributed by atoms with Crippen molar-refractivity contribution in [3.8, 4) is 0 Å². The van der Waals surface area contributed by atoms with Crippen LogP contribution in [0.3, 0.4) is 0 Å². The minimum absolute atomic E-state index is 0.130. The van der Waals surface area contributed by atoms with Gasteiger partial charge >= 0.3 is 5.97 Å². The van der Waals surface area contributed by atoms with Gasteiger partial charge < -0.3 is 10.0 Å². The molecule has 0 aliphatic carbocycles. The molecule has 2 aliphatic heterocycles. The van der Waals surface area contributed by atoms with E-state index in [0.717, 1.165) is 61.2 Å². The summed E-state index contributed by atoms with van der Waals surface area (Å²) in [7, 11) is 0. The Morgan fingerprint density at radius 2 is 1.77 bits per heavy atom. The van der Waals surface area contributed by atoms with Crippen LogP contribution in [-0.2, 0) is 20.9 Å². The lowest BCUT2D eigenvalue weighted by Gasteiger charge is -2.29. The van der Waals surface area contributed by atoms with Crippen molar-refractivity contribution in [2.75, 3.05) is 5.75 Å². The zero-order valence-corrected chi connectivity index (χ0v) is 18.5. The number of hydrogen-bond donors (Lipinski definition) is 2. The predicted octanol–water partition coefficient (Wildman–Crippen LogP) is 3.75. The Balaban J connectivity index is 1.42. The molecule has 3 rings (SSSR count). The van der Waals surface area contributed by atoms with Gasteiger partial charge in [-0.25, -0.2) is 0 Å². The quantitative estimate of drug-likeness (QED) is 0.288. The average Bonchev–Trinajstić information content (AvgIpc) is 3.06. The van der Waals surface area contributed by atoms with Gasteiger partial charge in [-0.2, -0.15) is 0 Å². The van der Waals surface area contributed by atoms with Crippen molar-refractivity contribution < 1.29 is 24.3 Å². The number of hydrogen-bond acceptors (Lipinski definition) is 5. The first-order chi connectivity index (χ1) is 15.0. The Morgan fingerprint density at radius 3 is 2.48 bits per heavy atom. The minimum atomic E-state index is -0.716. The van der Waals surface area contributed by atoms with Crippen LogP contribution in [0.15, 0.2) is 23.1 Å². The molecule has 0 saturated carbocycles. The standard InChI is InChI=1S/C23H30N2O5S/c26-20-13-12-18(22(29)24-20)25-15-17-16(23(25)30)9-8-10-19(17)31-14-7-5-3-1-2-4-6-11-21(27)28/h8-10,18H,1-7,11-15H2,(H,27,28)(H,24,26,29). The maximum absolute atomic E-state index is 12.9.